The zero-order valence-electron chi connectivity index (χ0n) is 19.6. The van der Waals surface area contributed by atoms with Crippen LogP contribution >= 0.6 is 0 Å². The quantitative estimate of drug-likeness (QED) is 0.488. The van der Waals surface area contributed by atoms with E-state index >= 15 is 0 Å². The third-order valence-corrected chi connectivity index (χ3v) is 5.68. The van der Waals surface area contributed by atoms with Gasteiger partial charge in [-0.3, -0.25) is 10.1 Å². The smallest absolute Gasteiger partial charge is 0.412 e. The standard InChI is InChI=1S/C27H31N3O3/c1-27(2,3)33-26(32)29-22-10-6-5-9-19(22)18-24(31)21-11-13-23-20(17-21)12-14-25(28-23)30-15-7-4-8-16-30/h5-6,9-14,17H,4,7-8,15-16,18H2,1-3H3,(H,29,32). The van der Waals surface area contributed by atoms with Crippen LogP contribution in [0.15, 0.2) is 54.6 Å². The SMILES string of the molecule is CC(C)(C)OC(=O)Nc1ccccc1CC(=O)c1ccc2nc(N3CCCCC3)ccc2c1. The number of amides is 1. The highest BCUT2D eigenvalue weighted by Gasteiger charge is 2.18. The lowest BCUT2D eigenvalue weighted by atomic mass is 10.00. The largest absolute Gasteiger partial charge is 0.444 e. The molecule has 1 aliphatic heterocycles. The minimum Gasteiger partial charge on any atom is -0.444 e. The van der Waals surface area contributed by atoms with E-state index in [4.69, 9.17) is 9.72 Å². The molecule has 6 heteroatoms. The van der Waals surface area contributed by atoms with Gasteiger partial charge in [-0.05, 0) is 82.0 Å². The number of carbonyl (C=O) groups is 2. The lowest BCUT2D eigenvalue weighted by molar-refractivity contribution is 0.0635. The summed E-state index contributed by atoms with van der Waals surface area (Å²) in [4.78, 5) is 32.4. The molecule has 1 N–H and O–H groups in total. The van der Waals surface area contributed by atoms with Crippen molar-refractivity contribution in [3.63, 3.8) is 0 Å². The predicted molar refractivity (Wildman–Crippen MR) is 132 cm³/mol. The molecule has 0 saturated carbocycles. The Bertz CT molecular complexity index is 1160. The van der Waals surface area contributed by atoms with Gasteiger partial charge in [0.05, 0.1) is 5.52 Å². The number of benzene rings is 2. The van der Waals surface area contributed by atoms with Gasteiger partial charge in [0.25, 0.3) is 0 Å². The number of pyridine rings is 1. The number of nitrogens with zero attached hydrogens (tertiary/aromatic N) is 2. The molecule has 33 heavy (non-hydrogen) atoms. The van der Waals surface area contributed by atoms with E-state index in [0.29, 0.717) is 11.3 Å². The maximum absolute atomic E-state index is 13.1. The molecule has 4 rings (SSSR count). The summed E-state index contributed by atoms with van der Waals surface area (Å²) in [5, 5.41) is 3.71. The van der Waals surface area contributed by atoms with E-state index in [2.05, 4.69) is 10.2 Å². The highest BCUT2D eigenvalue weighted by Crippen LogP contribution is 2.24. The topological polar surface area (TPSA) is 71.5 Å². The summed E-state index contributed by atoms with van der Waals surface area (Å²) in [6, 6.07) is 17.0. The molecule has 172 valence electrons. The predicted octanol–water partition coefficient (Wildman–Crippen LogP) is 6.00. The molecular formula is C27H31N3O3. The number of para-hydroxylation sites is 1. The number of hydrogen-bond donors (Lipinski definition) is 1. The molecule has 6 nitrogen and oxygen atoms in total. The Kier molecular flexibility index (Phi) is 6.63. The van der Waals surface area contributed by atoms with Gasteiger partial charge in [-0.25, -0.2) is 9.78 Å². The van der Waals surface area contributed by atoms with Crippen LogP contribution < -0.4 is 10.2 Å². The number of ether oxygens (including phenoxy) is 1. The lowest BCUT2D eigenvalue weighted by Crippen LogP contribution is -2.30. The van der Waals surface area contributed by atoms with Crippen molar-refractivity contribution in [2.75, 3.05) is 23.3 Å². The van der Waals surface area contributed by atoms with E-state index in [1.165, 1.54) is 19.3 Å². The zero-order valence-corrected chi connectivity index (χ0v) is 19.6. The molecule has 0 unspecified atom stereocenters. The summed E-state index contributed by atoms with van der Waals surface area (Å²) < 4.78 is 5.34. The second-order valence-corrected chi connectivity index (χ2v) is 9.51. The minimum absolute atomic E-state index is 0.0181. The number of rotatable bonds is 5. The molecule has 3 aromatic rings. The van der Waals surface area contributed by atoms with Gasteiger partial charge >= 0.3 is 6.09 Å². The van der Waals surface area contributed by atoms with E-state index < -0.39 is 11.7 Å². The first-order valence-electron chi connectivity index (χ1n) is 11.6. The highest BCUT2D eigenvalue weighted by molar-refractivity contribution is 6.01. The van der Waals surface area contributed by atoms with Gasteiger partial charge in [0, 0.05) is 36.1 Å². The van der Waals surface area contributed by atoms with Crippen molar-refractivity contribution in [2.24, 2.45) is 0 Å². The highest BCUT2D eigenvalue weighted by atomic mass is 16.6. The first kappa shape index (κ1) is 22.8. The number of anilines is 2. The fourth-order valence-electron chi connectivity index (χ4n) is 4.07. The summed E-state index contributed by atoms with van der Waals surface area (Å²) >= 11 is 0. The van der Waals surface area contributed by atoms with Crippen LogP contribution in [0.3, 0.4) is 0 Å². The Morgan fingerprint density at radius 3 is 2.52 bits per heavy atom. The molecule has 1 fully saturated rings. The number of nitrogens with one attached hydrogen (secondary N) is 1. The normalized spacial score (nSPS) is 14.2. The third kappa shape index (κ3) is 5.89. The number of carbonyl (C=O) groups excluding carboxylic acids is 2. The summed E-state index contributed by atoms with van der Waals surface area (Å²) in [5.41, 5.74) is 2.24. The Balaban J connectivity index is 1.49. The number of Topliss-reactive ketones (excluding diaryl/α,β-unsaturated/α-hetero) is 1. The summed E-state index contributed by atoms with van der Waals surface area (Å²) in [7, 11) is 0. The van der Waals surface area contributed by atoms with Crippen LogP contribution in [0, 0.1) is 0 Å². The fraction of sp³-hybridized carbons (Fsp3) is 0.370. The average Bonchev–Trinajstić information content (AvgIpc) is 2.79. The van der Waals surface area contributed by atoms with Crippen LogP contribution in [0.5, 0.6) is 0 Å². The Labute approximate surface area is 195 Å². The third-order valence-electron chi connectivity index (χ3n) is 5.68. The van der Waals surface area contributed by atoms with E-state index in [0.717, 1.165) is 35.4 Å². The second-order valence-electron chi connectivity index (χ2n) is 9.51. The monoisotopic (exact) mass is 445 g/mol. The lowest BCUT2D eigenvalue weighted by Gasteiger charge is -2.27. The fourth-order valence-corrected chi connectivity index (χ4v) is 4.07. The van der Waals surface area contributed by atoms with Crippen LogP contribution in [0.25, 0.3) is 10.9 Å². The number of ketones is 1. The molecule has 0 bridgehead atoms. The summed E-state index contributed by atoms with van der Waals surface area (Å²) in [6.07, 6.45) is 3.33. The number of hydrogen-bond acceptors (Lipinski definition) is 5. The van der Waals surface area contributed by atoms with Gasteiger partial charge in [0.1, 0.15) is 11.4 Å². The molecule has 1 aromatic heterocycles. The van der Waals surface area contributed by atoms with Crippen molar-refractivity contribution in [1.29, 1.82) is 0 Å². The van der Waals surface area contributed by atoms with Crippen molar-refractivity contribution >= 4 is 34.3 Å². The van der Waals surface area contributed by atoms with Gasteiger partial charge in [-0.2, -0.15) is 0 Å². The van der Waals surface area contributed by atoms with Crippen LogP contribution in [0.2, 0.25) is 0 Å². The van der Waals surface area contributed by atoms with Gasteiger partial charge in [0.2, 0.25) is 0 Å². The number of fused-ring (bicyclic) bond motifs is 1. The Morgan fingerprint density at radius 2 is 1.76 bits per heavy atom. The number of piperidine rings is 1. The average molecular weight is 446 g/mol. The molecule has 1 amide bonds. The Hall–Kier alpha value is -3.41. The maximum atomic E-state index is 13.1. The molecular weight excluding hydrogens is 414 g/mol. The van der Waals surface area contributed by atoms with Gasteiger partial charge in [0.15, 0.2) is 5.78 Å². The first-order chi connectivity index (χ1) is 15.8. The summed E-state index contributed by atoms with van der Waals surface area (Å²) in [5.74, 6) is 0.985. The van der Waals surface area contributed by atoms with Crippen molar-refractivity contribution in [1.82, 2.24) is 4.98 Å². The number of aromatic nitrogens is 1. The molecule has 0 radical (unpaired) electrons. The van der Waals surface area contributed by atoms with Crippen LogP contribution in [0.4, 0.5) is 16.3 Å². The zero-order chi connectivity index (χ0) is 23.4. The molecule has 0 atom stereocenters. The maximum Gasteiger partial charge on any atom is 0.412 e. The molecule has 0 spiro atoms. The first-order valence-corrected chi connectivity index (χ1v) is 11.6. The molecule has 2 aromatic carbocycles. The van der Waals surface area contributed by atoms with Crippen molar-refractivity contribution in [3.05, 3.63) is 65.7 Å². The van der Waals surface area contributed by atoms with Crippen LogP contribution in [0.1, 0.15) is 56.0 Å². The molecule has 2 heterocycles. The van der Waals surface area contributed by atoms with Gasteiger partial charge in [-0.15, -0.1) is 0 Å². The minimum atomic E-state index is -0.595. The second kappa shape index (κ2) is 9.61. The van der Waals surface area contributed by atoms with Gasteiger partial charge in [-0.1, -0.05) is 18.2 Å². The van der Waals surface area contributed by atoms with E-state index in [1.807, 2.05) is 69.3 Å². The van der Waals surface area contributed by atoms with E-state index in [-0.39, 0.29) is 12.2 Å². The van der Waals surface area contributed by atoms with Crippen LogP contribution in [-0.2, 0) is 11.2 Å². The van der Waals surface area contributed by atoms with Crippen LogP contribution in [-0.4, -0.2) is 35.6 Å². The Morgan fingerprint density at radius 1 is 1.00 bits per heavy atom. The molecule has 1 saturated heterocycles. The van der Waals surface area contributed by atoms with Crippen molar-refractivity contribution in [3.8, 4) is 0 Å². The van der Waals surface area contributed by atoms with Crippen molar-refractivity contribution < 1.29 is 14.3 Å². The molecule has 0 aliphatic carbocycles. The van der Waals surface area contributed by atoms with E-state index in [9.17, 15) is 9.59 Å². The van der Waals surface area contributed by atoms with Gasteiger partial charge < -0.3 is 9.64 Å². The van der Waals surface area contributed by atoms with Crippen molar-refractivity contribution in [2.45, 2.75) is 52.1 Å². The van der Waals surface area contributed by atoms with E-state index in [1.54, 1.807) is 6.07 Å². The molecule has 1 aliphatic rings. The summed E-state index contributed by atoms with van der Waals surface area (Å²) in [6.45, 7) is 7.53.